The Morgan fingerprint density at radius 1 is 1.14 bits per heavy atom. The van der Waals surface area contributed by atoms with E-state index in [1.54, 1.807) is 18.2 Å². The van der Waals surface area contributed by atoms with E-state index in [1.165, 1.54) is 31.4 Å². The molecule has 148 valence electrons. The average molecular weight is 407 g/mol. The number of carboxylic acids is 1. The first kappa shape index (κ1) is 21.0. The fraction of sp³-hybridized carbons (Fsp3) is 0.211. The summed E-state index contributed by atoms with van der Waals surface area (Å²) in [6.45, 7) is -0.332. The summed E-state index contributed by atoms with van der Waals surface area (Å²) in [6, 6.07) is 10.0. The van der Waals surface area contributed by atoms with Crippen molar-refractivity contribution in [1.29, 1.82) is 0 Å². The third kappa shape index (κ3) is 5.88. The lowest BCUT2D eigenvalue weighted by atomic mass is 10.0. The molecule has 0 aliphatic carbocycles. The number of carboxylic acid groups (broad SMARTS) is 1. The van der Waals surface area contributed by atoms with Gasteiger partial charge in [0.05, 0.1) is 19.6 Å². The molecule has 28 heavy (non-hydrogen) atoms. The number of amides is 2. The van der Waals surface area contributed by atoms with Crippen LogP contribution in [0.5, 0.6) is 11.5 Å². The SMILES string of the molecule is COc1cc(C(CC(=O)O)NC(=O)c2ccc(Cl)cc2)ccc1OCC(N)=O. The molecule has 0 saturated carbocycles. The Labute approximate surface area is 166 Å². The summed E-state index contributed by atoms with van der Waals surface area (Å²) in [6.07, 6.45) is -0.343. The molecule has 1 atom stereocenters. The Hall–Kier alpha value is -3.26. The number of nitrogens with one attached hydrogen (secondary N) is 1. The first-order valence-corrected chi connectivity index (χ1v) is 8.55. The number of nitrogens with two attached hydrogens (primary N) is 1. The summed E-state index contributed by atoms with van der Waals surface area (Å²) in [7, 11) is 1.40. The summed E-state index contributed by atoms with van der Waals surface area (Å²) in [5.41, 5.74) is 5.89. The highest BCUT2D eigenvalue weighted by Crippen LogP contribution is 2.31. The largest absolute Gasteiger partial charge is 0.493 e. The number of ether oxygens (including phenoxy) is 2. The highest BCUT2D eigenvalue weighted by Gasteiger charge is 2.21. The van der Waals surface area contributed by atoms with Crippen LogP contribution < -0.4 is 20.5 Å². The van der Waals surface area contributed by atoms with Gasteiger partial charge in [0.25, 0.3) is 11.8 Å². The number of methoxy groups -OCH3 is 1. The van der Waals surface area contributed by atoms with Gasteiger partial charge in [-0.05, 0) is 42.0 Å². The third-order valence-electron chi connectivity index (χ3n) is 3.75. The number of benzene rings is 2. The summed E-state index contributed by atoms with van der Waals surface area (Å²) in [5, 5.41) is 12.4. The zero-order valence-corrected chi connectivity index (χ0v) is 15.7. The normalized spacial score (nSPS) is 11.4. The molecule has 2 amide bonds. The molecule has 2 aromatic rings. The van der Waals surface area contributed by atoms with Crippen molar-refractivity contribution in [2.45, 2.75) is 12.5 Å². The number of aliphatic carboxylic acids is 1. The van der Waals surface area contributed by atoms with Crippen LogP contribution in [0.4, 0.5) is 0 Å². The highest BCUT2D eigenvalue weighted by molar-refractivity contribution is 6.30. The predicted octanol–water partition coefficient (Wildman–Crippen LogP) is 2.16. The Kier molecular flexibility index (Phi) is 7.22. The van der Waals surface area contributed by atoms with E-state index in [0.717, 1.165) is 0 Å². The standard InChI is InChI=1S/C19H19ClN2O6/c1-27-16-8-12(4-7-15(16)28-10-17(21)23)14(9-18(24)25)22-19(26)11-2-5-13(20)6-3-11/h2-8,14H,9-10H2,1H3,(H2,21,23)(H,22,26)(H,24,25). The maximum Gasteiger partial charge on any atom is 0.305 e. The fourth-order valence-electron chi connectivity index (χ4n) is 2.44. The summed E-state index contributed by atoms with van der Waals surface area (Å²) in [4.78, 5) is 34.6. The van der Waals surface area contributed by atoms with Crippen LogP contribution in [0.15, 0.2) is 42.5 Å². The van der Waals surface area contributed by atoms with Gasteiger partial charge in [-0.15, -0.1) is 0 Å². The molecule has 0 aromatic heterocycles. The van der Waals surface area contributed by atoms with Crippen LogP contribution in [0, 0.1) is 0 Å². The number of primary amides is 1. The van der Waals surface area contributed by atoms with E-state index in [1.807, 2.05) is 0 Å². The average Bonchev–Trinajstić information content (AvgIpc) is 2.65. The molecular formula is C19H19ClN2O6. The van der Waals surface area contributed by atoms with Gasteiger partial charge in [-0.3, -0.25) is 14.4 Å². The Morgan fingerprint density at radius 3 is 2.39 bits per heavy atom. The van der Waals surface area contributed by atoms with Crippen LogP contribution in [0.2, 0.25) is 5.02 Å². The van der Waals surface area contributed by atoms with Crippen molar-refractivity contribution in [3.63, 3.8) is 0 Å². The zero-order chi connectivity index (χ0) is 20.7. The summed E-state index contributed by atoms with van der Waals surface area (Å²) < 4.78 is 10.5. The molecule has 0 aliphatic rings. The van der Waals surface area contributed by atoms with Gasteiger partial charge in [-0.2, -0.15) is 0 Å². The number of hydrogen-bond donors (Lipinski definition) is 3. The van der Waals surface area contributed by atoms with Gasteiger partial charge in [0.1, 0.15) is 0 Å². The number of halogens is 1. The second kappa shape index (κ2) is 9.61. The van der Waals surface area contributed by atoms with Gasteiger partial charge in [0, 0.05) is 10.6 Å². The van der Waals surface area contributed by atoms with Crippen molar-refractivity contribution in [1.82, 2.24) is 5.32 Å². The molecular weight excluding hydrogens is 388 g/mol. The Bertz CT molecular complexity index is 869. The lowest BCUT2D eigenvalue weighted by Gasteiger charge is -2.19. The van der Waals surface area contributed by atoms with Crippen molar-refractivity contribution in [2.75, 3.05) is 13.7 Å². The van der Waals surface area contributed by atoms with Crippen LogP contribution in [0.1, 0.15) is 28.4 Å². The minimum atomic E-state index is -1.09. The van der Waals surface area contributed by atoms with E-state index >= 15 is 0 Å². The summed E-state index contributed by atoms with van der Waals surface area (Å²) >= 11 is 5.82. The van der Waals surface area contributed by atoms with E-state index in [9.17, 15) is 19.5 Å². The van der Waals surface area contributed by atoms with Crippen molar-refractivity contribution in [3.8, 4) is 11.5 Å². The smallest absolute Gasteiger partial charge is 0.305 e. The summed E-state index contributed by atoms with van der Waals surface area (Å²) in [5.74, 6) is -1.64. The van der Waals surface area contributed by atoms with Gasteiger partial charge < -0.3 is 25.6 Å². The second-order valence-electron chi connectivity index (χ2n) is 5.80. The zero-order valence-electron chi connectivity index (χ0n) is 15.0. The maximum atomic E-state index is 12.5. The Balaban J connectivity index is 2.26. The van der Waals surface area contributed by atoms with E-state index in [4.69, 9.17) is 26.8 Å². The minimum Gasteiger partial charge on any atom is -0.493 e. The van der Waals surface area contributed by atoms with Crippen molar-refractivity contribution >= 4 is 29.4 Å². The molecule has 0 radical (unpaired) electrons. The third-order valence-corrected chi connectivity index (χ3v) is 4.00. The predicted molar refractivity (Wildman–Crippen MR) is 102 cm³/mol. The number of carbonyl (C=O) groups is 3. The van der Waals surface area contributed by atoms with Crippen LogP contribution in [0.3, 0.4) is 0 Å². The van der Waals surface area contributed by atoms with Crippen LogP contribution >= 0.6 is 11.6 Å². The van der Waals surface area contributed by atoms with Gasteiger partial charge >= 0.3 is 5.97 Å². The molecule has 0 spiro atoms. The first-order valence-electron chi connectivity index (χ1n) is 8.17. The van der Waals surface area contributed by atoms with Gasteiger partial charge in [-0.25, -0.2) is 0 Å². The highest BCUT2D eigenvalue weighted by atomic mass is 35.5. The maximum absolute atomic E-state index is 12.5. The van der Waals surface area contributed by atoms with E-state index in [0.29, 0.717) is 16.1 Å². The van der Waals surface area contributed by atoms with Crippen molar-refractivity contribution < 1.29 is 29.0 Å². The molecule has 1 unspecified atom stereocenters. The molecule has 0 fully saturated rings. The van der Waals surface area contributed by atoms with Crippen molar-refractivity contribution in [2.24, 2.45) is 5.73 Å². The Morgan fingerprint density at radius 2 is 1.82 bits per heavy atom. The van der Waals surface area contributed by atoms with Gasteiger partial charge in [0.15, 0.2) is 18.1 Å². The van der Waals surface area contributed by atoms with Crippen LogP contribution in [-0.4, -0.2) is 36.6 Å². The van der Waals surface area contributed by atoms with Crippen LogP contribution in [-0.2, 0) is 9.59 Å². The van der Waals surface area contributed by atoms with Gasteiger partial charge in [0.2, 0.25) is 0 Å². The van der Waals surface area contributed by atoms with E-state index in [2.05, 4.69) is 5.32 Å². The van der Waals surface area contributed by atoms with Gasteiger partial charge in [-0.1, -0.05) is 17.7 Å². The molecule has 0 heterocycles. The fourth-order valence-corrected chi connectivity index (χ4v) is 2.56. The van der Waals surface area contributed by atoms with E-state index in [-0.39, 0.29) is 24.5 Å². The molecule has 0 saturated heterocycles. The van der Waals surface area contributed by atoms with E-state index < -0.39 is 23.8 Å². The lowest BCUT2D eigenvalue weighted by molar-refractivity contribution is -0.137. The quantitative estimate of drug-likeness (QED) is 0.585. The number of rotatable bonds is 9. The lowest BCUT2D eigenvalue weighted by Crippen LogP contribution is -2.30. The monoisotopic (exact) mass is 406 g/mol. The molecule has 0 bridgehead atoms. The topological polar surface area (TPSA) is 128 Å². The molecule has 2 rings (SSSR count). The molecule has 8 nitrogen and oxygen atoms in total. The molecule has 4 N–H and O–H groups in total. The molecule has 0 aliphatic heterocycles. The minimum absolute atomic E-state index is 0.267. The molecule has 2 aromatic carbocycles. The van der Waals surface area contributed by atoms with Crippen LogP contribution in [0.25, 0.3) is 0 Å². The number of hydrogen-bond acceptors (Lipinski definition) is 5. The molecule has 9 heteroatoms. The first-order chi connectivity index (χ1) is 13.3. The number of carbonyl (C=O) groups excluding carboxylic acids is 2. The van der Waals surface area contributed by atoms with Crippen molar-refractivity contribution in [3.05, 3.63) is 58.6 Å². The second-order valence-corrected chi connectivity index (χ2v) is 6.23.